The van der Waals surface area contributed by atoms with Gasteiger partial charge in [-0.2, -0.15) is 0 Å². The van der Waals surface area contributed by atoms with E-state index < -0.39 is 11.5 Å². The number of hydrogen-bond acceptors (Lipinski definition) is 3. The number of aliphatic carboxylic acids is 1. The van der Waals surface area contributed by atoms with Crippen molar-refractivity contribution in [3.05, 3.63) is 0 Å². The van der Waals surface area contributed by atoms with Crippen LogP contribution in [0.25, 0.3) is 0 Å². The molecule has 0 amide bonds. The summed E-state index contributed by atoms with van der Waals surface area (Å²) in [5, 5.41) is 9.18. The van der Waals surface area contributed by atoms with Gasteiger partial charge in [0, 0.05) is 6.04 Å². The molecular formula is C10H18N2O2. The third kappa shape index (κ3) is 1.42. The molecule has 0 radical (unpaired) electrons. The summed E-state index contributed by atoms with van der Waals surface area (Å²) < 4.78 is 0. The number of nitrogens with two attached hydrogens (primary N) is 1. The molecule has 2 fully saturated rings. The van der Waals surface area contributed by atoms with Crippen LogP contribution in [0.15, 0.2) is 0 Å². The number of piperidine rings is 2. The lowest BCUT2D eigenvalue weighted by Crippen LogP contribution is -2.67. The molecule has 2 aliphatic rings. The predicted octanol–water partition coefficient (Wildman–Crippen LogP) is 0.417. The fourth-order valence-corrected chi connectivity index (χ4v) is 2.83. The zero-order chi connectivity index (χ0) is 10.2. The van der Waals surface area contributed by atoms with Crippen molar-refractivity contribution in [3.8, 4) is 0 Å². The monoisotopic (exact) mass is 198 g/mol. The largest absolute Gasteiger partial charge is 0.480 e. The molecule has 0 saturated carbocycles. The van der Waals surface area contributed by atoms with E-state index in [1.165, 1.54) is 6.42 Å². The molecule has 0 spiro atoms. The standard InChI is InChI=1S/C10H18N2O2/c11-10(9(13)14)5-3-7-12-6-2-1-4-8(10)12/h8H,1-7,11H2,(H,13,14). The summed E-state index contributed by atoms with van der Waals surface area (Å²) in [6.45, 7) is 2.05. The average Bonchev–Trinajstić information content (AvgIpc) is 2.18. The molecule has 2 rings (SSSR count). The van der Waals surface area contributed by atoms with Crippen LogP contribution in [0.1, 0.15) is 32.1 Å². The maximum atomic E-state index is 11.2. The summed E-state index contributed by atoms with van der Waals surface area (Å²) in [5.74, 6) is -0.825. The van der Waals surface area contributed by atoms with E-state index >= 15 is 0 Å². The topological polar surface area (TPSA) is 66.6 Å². The van der Waals surface area contributed by atoms with E-state index in [1.807, 2.05) is 0 Å². The number of rotatable bonds is 1. The lowest BCUT2D eigenvalue weighted by Gasteiger charge is -2.47. The van der Waals surface area contributed by atoms with Gasteiger partial charge in [0.15, 0.2) is 0 Å². The fraction of sp³-hybridized carbons (Fsp3) is 0.900. The van der Waals surface area contributed by atoms with E-state index in [9.17, 15) is 9.90 Å². The molecule has 0 aromatic rings. The molecule has 2 atom stereocenters. The maximum absolute atomic E-state index is 11.2. The number of carboxylic acid groups (broad SMARTS) is 1. The summed E-state index contributed by atoms with van der Waals surface area (Å²) in [7, 11) is 0. The Labute approximate surface area is 84.1 Å². The Morgan fingerprint density at radius 1 is 1.36 bits per heavy atom. The lowest BCUT2D eigenvalue weighted by molar-refractivity contribution is -0.149. The molecule has 2 saturated heterocycles. The minimum atomic E-state index is -0.987. The lowest BCUT2D eigenvalue weighted by atomic mass is 9.77. The molecule has 0 aliphatic carbocycles. The quantitative estimate of drug-likeness (QED) is 0.640. The average molecular weight is 198 g/mol. The summed E-state index contributed by atoms with van der Waals surface area (Å²) in [6.07, 6.45) is 4.80. The highest BCUT2D eigenvalue weighted by atomic mass is 16.4. The Morgan fingerprint density at radius 3 is 2.79 bits per heavy atom. The molecule has 3 N–H and O–H groups in total. The smallest absolute Gasteiger partial charge is 0.325 e. The number of nitrogens with zero attached hydrogens (tertiary/aromatic N) is 1. The van der Waals surface area contributed by atoms with E-state index in [0.29, 0.717) is 6.42 Å². The van der Waals surface area contributed by atoms with Crippen LogP contribution in [-0.2, 0) is 4.79 Å². The predicted molar refractivity (Wildman–Crippen MR) is 53.0 cm³/mol. The Kier molecular flexibility index (Phi) is 2.49. The second kappa shape index (κ2) is 3.51. The van der Waals surface area contributed by atoms with E-state index in [-0.39, 0.29) is 6.04 Å². The Hall–Kier alpha value is -0.610. The third-order valence-electron chi connectivity index (χ3n) is 3.64. The van der Waals surface area contributed by atoms with Gasteiger partial charge >= 0.3 is 5.97 Å². The van der Waals surface area contributed by atoms with Gasteiger partial charge in [-0.15, -0.1) is 0 Å². The van der Waals surface area contributed by atoms with Crippen molar-refractivity contribution >= 4 is 5.97 Å². The van der Waals surface area contributed by atoms with Gasteiger partial charge in [0.25, 0.3) is 0 Å². The molecule has 2 heterocycles. The Balaban J connectivity index is 2.20. The van der Waals surface area contributed by atoms with Crippen molar-refractivity contribution < 1.29 is 9.90 Å². The van der Waals surface area contributed by atoms with Gasteiger partial charge in [-0.3, -0.25) is 9.69 Å². The van der Waals surface area contributed by atoms with E-state index in [0.717, 1.165) is 32.4 Å². The molecule has 4 nitrogen and oxygen atoms in total. The summed E-state index contributed by atoms with van der Waals surface area (Å²) in [4.78, 5) is 13.4. The van der Waals surface area contributed by atoms with Crippen LogP contribution in [0.3, 0.4) is 0 Å². The number of carboxylic acids is 1. The number of hydrogen-bond donors (Lipinski definition) is 2. The van der Waals surface area contributed by atoms with Crippen LogP contribution in [-0.4, -0.2) is 40.6 Å². The first-order valence-corrected chi connectivity index (χ1v) is 5.41. The highest BCUT2D eigenvalue weighted by molar-refractivity contribution is 5.79. The third-order valence-corrected chi connectivity index (χ3v) is 3.64. The zero-order valence-electron chi connectivity index (χ0n) is 8.41. The fourth-order valence-electron chi connectivity index (χ4n) is 2.83. The minimum absolute atomic E-state index is 0.0718. The second-order valence-corrected chi connectivity index (χ2v) is 4.50. The van der Waals surface area contributed by atoms with Crippen molar-refractivity contribution in [1.29, 1.82) is 0 Å². The first-order chi connectivity index (χ1) is 6.64. The molecule has 2 aliphatic heterocycles. The zero-order valence-corrected chi connectivity index (χ0v) is 8.41. The molecular weight excluding hydrogens is 180 g/mol. The molecule has 0 aromatic carbocycles. The van der Waals surface area contributed by atoms with Crippen molar-refractivity contribution in [2.24, 2.45) is 5.73 Å². The van der Waals surface area contributed by atoms with E-state index in [2.05, 4.69) is 4.90 Å². The van der Waals surface area contributed by atoms with Crippen LogP contribution in [0.2, 0.25) is 0 Å². The molecule has 14 heavy (non-hydrogen) atoms. The van der Waals surface area contributed by atoms with Crippen molar-refractivity contribution in [2.45, 2.75) is 43.7 Å². The number of fused-ring (bicyclic) bond motifs is 1. The minimum Gasteiger partial charge on any atom is -0.480 e. The van der Waals surface area contributed by atoms with Crippen LogP contribution in [0, 0.1) is 0 Å². The van der Waals surface area contributed by atoms with Gasteiger partial charge < -0.3 is 10.8 Å². The van der Waals surface area contributed by atoms with Crippen molar-refractivity contribution in [1.82, 2.24) is 4.90 Å². The highest BCUT2D eigenvalue weighted by Crippen LogP contribution is 2.32. The SMILES string of the molecule is NC1(C(=O)O)CCCN2CCCCC21. The van der Waals surface area contributed by atoms with Crippen LogP contribution < -0.4 is 5.73 Å². The Morgan fingerprint density at radius 2 is 2.07 bits per heavy atom. The highest BCUT2D eigenvalue weighted by Gasteiger charge is 2.47. The molecule has 0 bridgehead atoms. The second-order valence-electron chi connectivity index (χ2n) is 4.50. The van der Waals surface area contributed by atoms with Gasteiger partial charge in [-0.1, -0.05) is 6.42 Å². The van der Waals surface area contributed by atoms with Crippen LogP contribution in [0.4, 0.5) is 0 Å². The molecule has 4 heteroatoms. The van der Waals surface area contributed by atoms with E-state index in [4.69, 9.17) is 5.73 Å². The van der Waals surface area contributed by atoms with Gasteiger partial charge in [-0.25, -0.2) is 0 Å². The number of carbonyl (C=O) groups is 1. The first kappa shape index (κ1) is 9.93. The summed E-state index contributed by atoms with van der Waals surface area (Å²) in [6, 6.07) is 0.0718. The van der Waals surface area contributed by atoms with Gasteiger partial charge in [0.1, 0.15) is 5.54 Å². The van der Waals surface area contributed by atoms with Gasteiger partial charge in [0.2, 0.25) is 0 Å². The maximum Gasteiger partial charge on any atom is 0.325 e. The summed E-state index contributed by atoms with van der Waals surface area (Å²) in [5.41, 5.74) is 5.03. The van der Waals surface area contributed by atoms with Crippen LogP contribution >= 0.6 is 0 Å². The van der Waals surface area contributed by atoms with Gasteiger partial charge in [0.05, 0.1) is 0 Å². The molecule has 80 valence electrons. The van der Waals surface area contributed by atoms with Crippen LogP contribution in [0.5, 0.6) is 0 Å². The normalized spacial score (nSPS) is 39.1. The first-order valence-electron chi connectivity index (χ1n) is 5.41. The van der Waals surface area contributed by atoms with Crippen molar-refractivity contribution in [3.63, 3.8) is 0 Å². The summed E-state index contributed by atoms with van der Waals surface area (Å²) >= 11 is 0. The van der Waals surface area contributed by atoms with Gasteiger partial charge in [-0.05, 0) is 38.8 Å². The van der Waals surface area contributed by atoms with E-state index in [1.54, 1.807) is 0 Å². The molecule has 0 aromatic heterocycles. The Bertz CT molecular complexity index is 242. The van der Waals surface area contributed by atoms with Crippen molar-refractivity contribution in [2.75, 3.05) is 13.1 Å². The molecule has 2 unspecified atom stereocenters.